The zero-order valence-electron chi connectivity index (χ0n) is 14.7. The molecular formula is C20H21N5O. The van der Waals surface area contributed by atoms with Crippen LogP contribution in [0, 0.1) is 0 Å². The SMILES string of the molecule is Cn1cc(CNCC2COCc3nc4cccnc4n32)c2ccccc21. The number of aryl methyl sites for hydroxylation is 1. The minimum atomic E-state index is 0.202. The van der Waals surface area contributed by atoms with E-state index in [0.717, 1.165) is 30.1 Å². The number of fused-ring (bicyclic) bond motifs is 4. The van der Waals surface area contributed by atoms with E-state index < -0.39 is 0 Å². The summed E-state index contributed by atoms with van der Waals surface area (Å²) in [5, 5.41) is 4.91. The minimum absolute atomic E-state index is 0.202. The number of ether oxygens (including phenoxy) is 1. The molecule has 4 aromatic rings. The van der Waals surface area contributed by atoms with E-state index in [4.69, 9.17) is 4.74 Å². The van der Waals surface area contributed by atoms with Crippen LogP contribution in [0.2, 0.25) is 0 Å². The molecule has 0 radical (unpaired) electrons. The number of nitrogens with one attached hydrogen (secondary N) is 1. The van der Waals surface area contributed by atoms with Crippen LogP contribution in [0.5, 0.6) is 0 Å². The van der Waals surface area contributed by atoms with Crippen molar-refractivity contribution in [3.63, 3.8) is 0 Å². The predicted molar refractivity (Wildman–Crippen MR) is 101 cm³/mol. The van der Waals surface area contributed by atoms with Gasteiger partial charge in [-0.15, -0.1) is 0 Å². The van der Waals surface area contributed by atoms with Gasteiger partial charge in [-0.2, -0.15) is 0 Å². The van der Waals surface area contributed by atoms with Crippen molar-refractivity contribution in [2.45, 2.75) is 19.2 Å². The van der Waals surface area contributed by atoms with Crippen molar-refractivity contribution >= 4 is 22.1 Å². The van der Waals surface area contributed by atoms with E-state index in [1.54, 1.807) is 0 Å². The van der Waals surface area contributed by atoms with Gasteiger partial charge in [0.05, 0.1) is 12.6 Å². The van der Waals surface area contributed by atoms with Crippen molar-refractivity contribution in [2.24, 2.45) is 7.05 Å². The lowest BCUT2D eigenvalue weighted by Gasteiger charge is -2.26. The first kappa shape index (κ1) is 15.5. The summed E-state index contributed by atoms with van der Waals surface area (Å²) in [6.45, 7) is 2.87. The van der Waals surface area contributed by atoms with Crippen LogP contribution in [-0.4, -0.2) is 32.3 Å². The van der Waals surface area contributed by atoms with Gasteiger partial charge in [0, 0.05) is 43.4 Å². The Morgan fingerprint density at radius 2 is 2.15 bits per heavy atom. The smallest absolute Gasteiger partial charge is 0.160 e. The molecule has 1 unspecified atom stereocenters. The third-order valence-corrected chi connectivity index (χ3v) is 5.10. The second-order valence-electron chi connectivity index (χ2n) is 6.83. The number of benzene rings is 1. The summed E-state index contributed by atoms with van der Waals surface area (Å²) in [6.07, 6.45) is 4.03. The van der Waals surface area contributed by atoms with Crippen LogP contribution in [0.3, 0.4) is 0 Å². The first-order chi connectivity index (χ1) is 12.8. The molecule has 26 heavy (non-hydrogen) atoms. The van der Waals surface area contributed by atoms with Crippen molar-refractivity contribution in [3.8, 4) is 0 Å². The average molecular weight is 347 g/mol. The largest absolute Gasteiger partial charge is 0.371 e. The van der Waals surface area contributed by atoms with Crippen molar-refractivity contribution < 1.29 is 4.74 Å². The number of para-hydroxylation sites is 1. The number of imidazole rings is 1. The van der Waals surface area contributed by atoms with Crippen LogP contribution in [0.4, 0.5) is 0 Å². The lowest BCUT2D eigenvalue weighted by Crippen LogP contribution is -2.32. The van der Waals surface area contributed by atoms with Crippen LogP contribution >= 0.6 is 0 Å². The standard InChI is InChI=1S/C20H21N5O/c1-24-11-14(16-5-2-3-7-18(16)24)9-21-10-15-12-26-13-19-23-17-6-4-8-22-20(17)25(15)19/h2-8,11,15,21H,9-10,12-13H2,1H3. The molecule has 1 aliphatic rings. The Morgan fingerprint density at radius 1 is 1.23 bits per heavy atom. The number of hydrogen-bond acceptors (Lipinski definition) is 4. The lowest BCUT2D eigenvalue weighted by atomic mass is 10.1. The summed E-state index contributed by atoms with van der Waals surface area (Å²) in [4.78, 5) is 9.19. The van der Waals surface area contributed by atoms with E-state index in [9.17, 15) is 0 Å². The van der Waals surface area contributed by atoms with Crippen LogP contribution in [0.25, 0.3) is 22.1 Å². The highest BCUT2D eigenvalue weighted by molar-refractivity contribution is 5.83. The van der Waals surface area contributed by atoms with Crippen molar-refractivity contribution in [3.05, 3.63) is 60.2 Å². The molecular weight excluding hydrogens is 326 g/mol. The molecule has 0 amide bonds. The Kier molecular flexibility index (Phi) is 3.72. The van der Waals surface area contributed by atoms with Gasteiger partial charge in [-0.1, -0.05) is 18.2 Å². The van der Waals surface area contributed by atoms with Gasteiger partial charge in [-0.25, -0.2) is 9.97 Å². The maximum atomic E-state index is 5.76. The molecule has 1 aliphatic heterocycles. The molecule has 3 aromatic heterocycles. The highest BCUT2D eigenvalue weighted by Crippen LogP contribution is 2.24. The van der Waals surface area contributed by atoms with E-state index in [1.807, 2.05) is 18.3 Å². The molecule has 0 spiro atoms. The molecule has 132 valence electrons. The predicted octanol–water partition coefficient (Wildman–Crippen LogP) is 2.78. The van der Waals surface area contributed by atoms with Gasteiger partial charge in [0.2, 0.25) is 0 Å². The molecule has 1 N–H and O–H groups in total. The van der Waals surface area contributed by atoms with E-state index in [0.29, 0.717) is 13.2 Å². The number of hydrogen-bond donors (Lipinski definition) is 1. The first-order valence-electron chi connectivity index (χ1n) is 8.94. The average Bonchev–Trinajstić information content (AvgIpc) is 3.21. The third kappa shape index (κ3) is 2.50. The summed E-state index contributed by atoms with van der Waals surface area (Å²) in [5.41, 5.74) is 4.46. The molecule has 1 aromatic carbocycles. The second-order valence-corrected chi connectivity index (χ2v) is 6.83. The minimum Gasteiger partial charge on any atom is -0.371 e. The Hall–Kier alpha value is -2.70. The zero-order valence-corrected chi connectivity index (χ0v) is 14.7. The van der Waals surface area contributed by atoms with Gasteiger partial charge in [-0.3, -0.25) is 0 Å². The highest BCUT2D eigenvalue weighted by Gasteiger charge is 2.24. The van der Waals surface area contributed by atoms with E-state index >= 15 is 0 Å². The zero-order chi connectivity index (χ0) is 17.5. The number of aromatic nitrogens is 4. The molecule has 6 heteroatoms. The first-order valence-corrected chi connectivity index (χ1v) is 8.94. The summed E-state index contributed by atoms with van der Waals surface area (Å²) < 4.78 is 10.2. The lowest BCUT2D eigenvalue weighted by molar-refractivity contribution is 0.0561. The maximum absolute atomic E-state index is 5.76. The maximum Gasteiger partial charge on any atom is 0.160 e. The molecule has 0 saturated heterocycles. The van der Waals surface area contributed by atoms with Crippen LogP contribution < -0.4 is 5.32 Å². The second kappa shape index (κ2) is 6.23. The number of nitrogens with zero attached hydrogens (tertiary/aromatic N) is 4. The number of pyridine rings is 1. The fourth-order valence-corrected chi connectivity index (χ4v) is 3.91. The normalized spacial score (nSPS) is 17.0. The molecule has 4 heterocycles. The molecule has 0 aliphatic carbocycles. The van der Waals surface area contributed by atoms with Gasteiger partial charge < -0.3 is 19.2 Å². The number of rotatable bonds is 4. The van der Waals surface area contributed by atoms with Gasteiger partial charge in [0.25, 0.3) is 0 Å². The van der Waals surface area contributed by atoms with Gasteiger partial charge >= 0.3 is 0 Å². The van der Waals surface area contributed by atoms with E-state index in [1.165, 1.54) is 16.5 Å². The Morgan fingerprint density at radius 3 is 3.12 bits per heavy atom. The molecule has 0 fully saturated rings. The van der Waals surface area contributed by atoms with Crippen molar-refractivity contribution in [2.75, 3.05) is 13.2 Å². The van der Waals surface area contributed by atoms with Crippen molar-refractivity contribution in [1.82, 2.24) is 24.4 Å². The van der Waals surface area contributed by atoms with E-state index in [-0.39, 0.29) is 6.04 Å². The Labute approximate surface area is 151 Å². The topological polar surface area (TPSA) is 56.9 Å². The monoisotopic (exact) mass is 347 g/mol. The van der Waals surface area contributed by atoms with Crippen LogP contribution in [0.15, 0.2) is 48.8 Å². The molecule has 0 bridgehead atoms. The van der Waals surface area contributed by atoms with Crippen LogP contribution in [0.1, 0.15) is 17.4 Å². The highest BCUT2D eigenvalue weighted by atomic mass is 16.5. The Bertz CT molecular complexity index is 1080. The van der Waals surface area contributed by atoms with E-state index in [2.05, 4.69) is 61.9 Å². The van der Waals surface area contributed by atoms with Gasteiger partial charge in [0.1, 0.15) is 17.9 Å². The Balaban J connectivity index is 1.37. The summed E-state index contributed by atoms with van der Waals surface area (Å²) in [5.74, 6) is 0.960. The fourth-order valence-electron chi connectivity index (χ4n) is 3.91. The summed E-state index contributed by atoms with van der Waals surface area (Å²) in [6, 6.07) is 12.6. The summed E-state index contributed by atoms with van der Waals surface area (Å²) in [7, 11) is 2.09. The molecule has 1 atom stereocenters. The van der Waals surface area contributed by atoms with Crippen molar-refractivity contribution in [1.29, 1.82) is 0 Å². The summed E-state index contributed by atoms with van der Waals surface area (Å²) >= 11 is 0. The molecule has 5 rings (SSSR count). The fraction of sp³-hybridized carbons (Fsp3) is 0.300. The molecule has 0 saturated carbocycles. The third-order valence-electron chi connectivity index (χ3n) is 5.10. The van der Waals surface area contributed by atoms with Crippen LogP contribution in [-0.2, 0) is 24.9 Å². The van der Waals surface area contributed by atoms with Gasteiger partial charge in [0.15, 0.2) is 5.65 Å². The van der Waals surface area contributed by atoms with Gasteiger partial charge in [-0.05, 0) is 23.8 Å². The molecule has 6 nitrogen and oxygen atoms in total. The quantitative estimate of drug-likeness (QED) is 0.617.